The van der Waals surface area contributed by atoms with Gasteiger partial charge in [0.15, 0.2) is 5.78 Å². The van der Waals surface area contributed by atoms with E-state index >= 15 is 0 Å². The highest BCUT2D eigenvalue weighted by molar-refractivity contribution is 6.31. The molecule has 0 saturated heterocycles. The molecular weight excluding hydrogens is 240 g/mol. The molecule has 4 heteroatoms. The minimum Gasteiger partial charge on any atom is -0.469 e. The summed E-state index contributed by atoms with van der Waals surface area (Å²) in [4.78, 5) is 23.1. The Balaban J connectivity index is 2.19. The number of benzene rings is 1. The first-order chi connectivity index (χ1) is 8.10. The summed E-state index contributed by atoms with van der Waals surface area (Å²) in [7, 11) is 1.36. The van der Waals surface area contributed by atoms with Crippen molar-refractivity contribution in [3.63, 3.8) is 0 Å². The molecule has 0 heterocycles. The lowest BCUT2D eigenvalue weighted by Gasteiger charge is -2.22. The number of carbonyl (C=O) groups excluding carboxylic acids is 2. The van der Waals surface area contributed by atoms with E-state index in [1.807, 2.05) is 6.07 Å². The smallest absolute Gasteiger partial charge is 0.305 e. The third-order valence-corrected chi connectivity index (χ3v) is 3.27. The number of fused-ring (bicyclic) bond motifs is 1. The van der Waals surface area contributed by atoms with Crippen LogP contribution in [0.15, 0.2) is 18.2 Å². The molecule has 0 saturated carbocycles. The molecule has 1 aromatic carbocycles. The van der Waals surface area contributed by atoms with Crippen molar-refractivity contribution in [1.82, 2.24) is 0 Å². The van der Waals surface area contributed by atoms with Crippen molar-refractivity contribution in [2.24, 2.45) is 5.92 Å². The molecule has 0 N–H and O–H groups in total. The quantitative estimate of drug-likeness (QED) is 0.760. The summed E-state index contributed by atoms with van der Waals surface area (Å²) in [5.41, 5.74) is 1.66. The van der Waals surface area contributed by atoms with Crippen molar-refractivity contribution in [3.8, 4) is 0 Å². The van der Waals surface area contributed by atoms with Gasteiger partial charge in [-0.05, 0) is 30.0 Å². The van der Waals surface area contributed by atoms with Gasteiger partial charge in [0.25, 0.3) is 0 Å². The van der Waals surface area contributed by atoms with Gasteiger partial charge >= 0.3 is 5.97 Å². The maximum atomic E-state index is 11.9. The zero-order chi connectivity index (χ0) is 12.4. The van der Waals surface area contributed by atoms with E-state index in [1.54, 1.807) is 12.1 Å². The van der Waals surface area contributed by atoms with Crippen LogP contribution < -0.4 is 0 Å². The molecule has 1 unspecified atom stereocenters. The van der Waals surface area contributed by atoms with Crippen LogP contribution in [0.1, 0.15) is 28.8 Å². The summed E-state index contributed by atoms with van der Waals surface area (Å²) in [5, 5.41) is 0.573. The van der Waals surface area contributed by atoms with Gasteiger partial charge in [-0.2, -0.15) is 0 Å². The van der Waals surface area contributed by atoms with Crippen molar-refractivity contribution >= 4 is 23.4 Å². The molecule has 1 aromatic rings. The maximum Gasteiger partial charge on any atom is 0.305 e. The summed E-state index contributed by atoms with van der Waals surface area (Å²) >= 11 is 5.86. The zero-order valence-electron chi connectivity index (χ0n) is 9.53. The molecule has 0 spiro atoms. The van der Waals surface area contributed by atoms with Crippen molar-refractivity contribution < 1.29 is 14.3 Å². The van der Waals surface area contributed by atoms with Crippen molar-refractivity contribution in [3.05, 3.63) is 34.3 Å². The predicted molar refractivity (Wildman–Crippen MR) is 64.2 cm³/mol. The average molecular weight is 253 g/mol. The van der Waals surface area contributed by atoms with E-state index in [0.29, 0.717) is 23.4 Å². The average Bonchev–Trinajstić information content (AvgIpc) is 2.30. The number of carbonyl (C=O) groups is 2. The summed E-state index contributed by atoms with van der Waals surface area (Å²) in [6.45, 7) is 0. The lowest BCUT2D eigenvalue weighted by atomic mass is 9.81. The number of rotatable bonds is 2. The van der Waals surface area contributed by atoms with E-state index in [9.17, 15) is 9.59 Å². The van der Waals surface area contributed by atoms with Crippen LogP contribution in [0.5, 0.6) is 0 Å². The fourth-order valence-electron chi connectivity index (χ4n) is 2.20. The van der Waals surface area contributed by atoms with Crippen LogP contribution >= 0.6 is 11.6 Å². The van der Waals surface area contributed by atoms with Crippen LogP contribution in [-0.2, 0) is 16.0 Å². The monoisotopic (exact) mass is 252 g/mol. The van der Waals surface area contributed by atoms with E-state index in [4.69, 9.17) is 11.6 Å². The highest BCUT2D eigenvalue weighted by atomic mass is 35.5. The first-order valence-corrected chi connectivity index (χ1v) is 5.86. The van der Waals surface area contributed by atoms with Crippen LogP contribution in [-0.4, -0.2) is 18.9 Å². The number of esters is 1. The molecule has 0 aliphatic heterocycles. The molecule has 2 rings (SSSR count). The van der Waals surface area contributed by atoms with E-state index < -0.39 is 0 Å². The Morgan fingerprint density at radius 3 is 2.94 bits per heavy atom. The molecule has 17 heavy (non-hydrogen) atoms. The molecule has 0 amide bonds. The lowest BCUT2D eigenvalue weighted by molar-refractivity contribution is -0.141. The van der Waals surface area contributed by atoms with Gasteiger partial charge < -0.3 is 4.74 Å². The van der Waals surface area contributed by atoms with Gasteiger partial charge in [-0.15, -0.1) is 0 Å². The SMILES string of the molecule is COC(=O)CC1CC(=O)c2cc(Cl)ccc2C1. The van der Waals surface area contributed by atoms with Crippen molar-refractivity contribution in [2.75, 3.05) is 7.11 Å². The number of ether oxygens (including phenoxy) is 1. The van der Waals surface area contributed by atoms with Gasteiger partial charge in [0.2, 0.25) is 0 Å². The molecule has 3 nitrogen and oxygen atoms in total. The molecule has 0 bridgehead atoms. The van der Waals surface area contributed by atoms with E-state index in [-0.39, 0.29) is 17.7 Å². The van der Waals surface area contributed by atoms with Crippen LogP contribution in [0.3, 0.4) is 0 Å². The highest BCUT2D eigenvalue weighted by Crippen LogP contribution is 2.29. The fraction of sp³-hybridized carbons (Fsp3) is 0.385. The largest absolute Gasteiger partial charge is 0.469 e. The molecule has 0 aromatic heterocycles. The fourth-order valence-corrected chi connectivity index (χ4v) is 2.38. The van der Waals surface area contributed by atoms with Gasteiger partial charge in [-0.1, -0.05) is 17.7 Å². The molecule has 1 aliphatic carbocycles. The molecule has 90 valence electrons. The Morgan fingerprint density at radius 1 is 1.47 bits per heavy atom. The first-order valence-electron chi connectivity index (χ1n) is 5.48. The Labute approximate surface area is 105 Å². The third-order valence-electron chi connectivity index (χ3n) is 3.04. The van der Waals surface area contributed by atoms with Gasteiger partial charge in [-0.25, -0.2) is 0 Å². The zero-order valence-corrected chi connectivity index (χ0v) is 10.3. The summed E-state index contributed by atoms with van der Waals surface area (Å²) in [5.74, 6) is -0.161. The van der Waals surface area contributed by atoms with E-state index in [2.05, 4.69) is 4.74 Å². The Morgan fingerprint density at radius 2 is 2.24 bits per heavy atom. The standard InChI is InChI=1S/C13H13ClO3/c1-17-13(16)6-8-4-9-2-3-10(14)7-11(9)12(15)5-8/h2-3,7-8H,4-6H2,1H3. The Hall–Kier alpha value is -1.35. The van der Waals surface area contributed by atoms with Gasteiger partial charge in [0.05, 0.1) is 7.11 Å². The number of halogens is 1. The number of hydrogen-bond acceptors (Lipinski definition) is 3. The number of Topliss-reactive ketones (excluding diaryl/α,β-unsaturated/α-hetero) is 1. The number of methoxy groups -OCH3 is 1. The van der Waals surface area contributed by atoms with Gasteiger partial charge in [0.1, 0.15) is 0 Å². The van der Waals surface area contributed by atoms with Crippen LogP contribution in [0, 0.1) is 5.92 Å². The lowest BCUT2D eigenvalue weighted by Crippen LogP contribution is -2.22. The van der Waals surface area contributed by atoms with Crippen LogP contribution in [0.4, 0.5) is 0 Å². The second-order valence-corrected chi connectivity index (χ2v) is 4.72. The minimum atomic E-state index is -0.264. The molecule has 0 fully saturated rings. The molecule has 1 aliphatic rings. The third kappa shape index (κ3) is 2.67. The normalized spacial score (nSPS) is 18.7. The van der Waals surface area contributed by atoms with Gasteiger partial charge in [0, 0.05) is 23.4 Å². The maximum absolute atomic E-state index is 11.9. The van der Waals surface area contributed by atoms with Crippen molar-refractivity contribution in [1.29, 1.82) is 0 Å². The molecule has 0 radical (unpaired) electrons. The second-order valence-electron chi connectivity index (χ2n) is 4.28. The van der Waals surface area contributed by atoms with Crippen LogP contribution in [0.25, 0.3) is 0 Å². The summed E-state index contributed by atoms with van der Waals surface area (Å²) < 4.78 is 4.62. The van der Waals surface area contributed by atoms with E-state index in [1.165, 1.54) is 7.11 Å². The van der Waals surface area contributed by atoms with Crippen molar-refractivity contribution in [2.45, 2.75) is 19.3 Å². The summed E-state index contributed by atoms with van der Waals surface area (Å²) in [6.07, 6.45) is 1.42. The number of ketones is 1. The summed E-state index contributed by atoms with van der Waals surface area (Å²) in [6, 6.07) is 5.33. The highest BCUT2D eigenvalue weighted by Gasteiger charge is 2.26. The van der Waals surface area contributed by atoms with Crippen LogP contribution in [0.2, 0.25) is 5.02 Å². The Kier molecular flexibility index (Phi) is 3.48. The second kappa shape index (κ2) is 4.88. The Bertz CT molecular complexity index is 468. The molecule has 1 atom stereocenters. The molecular formula is C13H13ClO3. The number of hydrogen-bond donors (Lipinski definition) is 0. The predicted octanol–water partition coefficient (Wildman–Crippen LogP) is 2.65. The minimum absolute atomic E-state index is 0.0450. The van der Waals surface area contributed by atoms with Gasteiger partial charge in [-0.3, -0.25) is 9.59 Å². The topological polar surface area (TPSA) is 43.4 Å². The van der Waals surface area contributed by atoms with E-state index in [0.717, 1.165) is 12.0 Å². The first kappa shape index (κ1) is 12.1.